The van der Waals surface area contributed by atoms with Crippen LogP contribution < -0.4 is 9.62 Å². The lowest BCUT2D eigenvalue weighted by Gasteiger charge is -2.34. The summed E-state index contributed by atoms with van der Waals surface area (Å²) in [6.07, 6.45) is 0.196. The first-order valence-corrected chi connectivity index (χ1v) is 16.5. The smallest absolute Gasteiger partial charge is 0.264 e. The van der Waals surface area contributed by atoms with E-state index in [0.29, 0.717) is 17.1 Å². The molecular formula is C33H32Cl3N3O4S. The van der Waals surface area contributed by atoms with Gasteiger partial charge in [0.2, 0.25) is 11.8 Å². The summed E-state index contributed by atoms with van der Waals surface area (Å²) in [4.78, 5) is 29.3. The fraction of sp³-hybridized carbons (Fsp3) is 0.212. The van der Waals surface area contributed by atoms with Crippen LogP contribution in [0.1, 0.15) is 23.6 Å². The second-order valence-electron chi connectivity index (χ2n) is 10.1. The maximum atomic E-state index is 14.4. The summed E-state index contributed by atoms with van der Waals surface area (Å²) in [5, 5.41) is 3.39. The van der Waals surface area contributed by atoms with Crippen molar-refractivity contribution < 1.29 is 18.0 Å². The fourth-order valence-electron chi connectivity index (χ4n) is 4.71. The fourth-order valence-corrected chi connectivity index (χ4v) is 6.80. The van der Waals surface area contributed by atoms with Crippen molar-refractivity contribution in [3.8, 4) is 0 Å². The average Bonchev–Trinajstić information content (AvgIpc) is 3.00. The van der Waals surface area contributed by atoms with E-state index in [9.17, 15) is 18.0 Å². The van der Waals surface area contributed by atoms with E-state index < -0.39 is 28.5 Å². The van der Waals surface area contributed by atoms with E-state index >= 15 is 0 Å². The number of carbonyl (C=O) groups excluding carboxylic acids is 2. The zero-order valence-corrected chi connectivity index (χ0v) is 27.3. The number of benzene rings is 4. The van der Waals surface area contributed by atoms with Gasteiger partial charge in [-0.1, -0.05) is 101 Å². The number of nitrogens with zero attached hydrogens (tertiary/aromatic N) is 2. The third-order valence-electron chi connectivity index (χ3n) is 6.95. The van der Waals surface area contributed by atoms with E-state index in [1.165, 1.54) is 29.2 Å². The van der Waals surface area contributed by atoms with Gasteiger partial charge in [0.1, 0.15) is 12.6 Å². The summed E-state index contributed by atoms with van der Waals surface area (Å²) in [6.45, 7) is 3.32. The molecular weight excluding hydrogens is 641 g/mol. The van der Waals surface area contributed by atoms with E-state index in [4.69, 9.17) is 34.8 Å². The predicted molar refractivity (Wildman–Crippen MR) is 177 cm³/mol. The van der Waals surface area contributed by atoms with Crippen LogP contribution in [0.4, 0.5) is 5.69 Å². The van der Waals surface area contributed by atoms with E-state index in [1.807, 2.05) is 37.3 Å². The van der Waals surface area contributed by atoms with Crippen molar-refractivity contribution in [2.75, 3.05) is 17.4 Å². The van der Waals surface area contributed by atoms with Crippen molar-refractivity contribution in [2.45, 2.75) is 37.8 Å². The molecule has 0 fully saturated rings. The molecule has 4 rings (SSSR count). The normalized spacial score (nSPS) is 11.9. The maximum Gasteiger partial charge on any atom is 0.264 e. The lowest BCUT2D eigenvalue weighted by atomic mass is 10.0. The number of aryl methyl sites for hydroxylation is 1. The van der Waals surface area contributed by atoms with Gasteiger partial charge in [0.25, 0.3) is 10.0 Å². The van der Waals surface area contributed by atoms with E-state index in [0.717, 1.165) is 15.4 Å². The molecule has 0 saturated carbocycles. The summed E-state index contributed by atoms with van der Waals surface area (Å²) in [6, 6.07) is 26.1. The predicted octanol–water partition coefficient (Wildman–Crippen LogP) is 6.93. The number of sulfonamides is 1. The highest BCUT2D eigenvalue weighted by Gasteiger charge is 2.35. The Kier molecular flexibility index (Phi) is 11.3. The van der Waals surface area contributed by atoms with Gasteiger partial charge in [-0.15, -0.1) is 0 Å². The van der Waals surface area contributed by atoms with Crippen LogP contribution in [0.5, 0.6) is 0 Å². The molecule has 7 nitrogen and oxygen atoms in total. The zero-order valence-electron chi connectivity index (χ0n) is 24.2. The highest BCUT2D eigenvalue weighted by molar-refractivity contribution is 7.92. The molecule has 4 aromatic carbocycles. The van der Waals surface area contributed by atoms with E-state index in [2.05, 4.69) is 5.32 Å². The van der Waals surface area contributed by atoms with Gasteiger partial charge in [0.05, 0.1) is 20.6 Å². The summed E-state index contributed by atoms with van der Waals surface area (Å²) in [5.41, 5.74) is 2.40. The van der Waals surface area contributed by atoms with Gasteiger partial charge >= 0.3 is 0 Å². The first-order valence-electron chi connectivity index (χ1n) is 13.9. The van der Waals surface area contributed by atoms with Crippen LogP contribution in [-0.4, -0.2) is 44.3 Å². The second-order valence-corrected chi connectivity index (χ2v) is 13.2. The van der Waals surface area contributed by atoms with Crippen LogP contribution >= 0.6 is 34.8 Å². The number of nitrogens with one attached hydrogen (secondary N) is 1. The molecule has 2 amide bonds. The SMILES string of the molecule is CCNC(=O)C(Cc1ccccc1)N(Cc1cccc(Cl)c1)C(=O)CN(c1cccc(Cl)c1Cl)S(=O)(=O)c1ccc(C)cc1. The van der Waals surface area contributed by atoms with Crippen LogP contribution in [0.15, 0.2) is 102 Å². The summed E-state index contributed by atoms with van der Waals surface area (Å²) < 4.78 is 29.2. The molecule has 0 radical (unpaired) electrons. The molecule has 4 aromatic rings. The Morgan fingerprint density at radius 2 is 1.50 bits per heavy atom. The molecule has 0 heterocycles. The number of amides is 2. The standard InChI is InChI=1S/C33H32Cl3N3O4S/c1-3-37-33(41)30(20-24-9-5-4-6-10-24)38(21-25-11-7-12-26(34)19-25)31(40)22-39(29-14-8-13-28(35)32(29)36)44(42,43)27-17-15-23(2)16-18-27/h4-19,30H,3,20-22H2,1-2H3,(H,37,41). The summed E-state index contributed by atoms with van der Waals surface area (Å²) in [7, 11) is -4.31. The van der Waals surface area contributed by atoms with Gasteiger partial charge in [0.15, 0.2) is 0 Å². The first kappa shape index (κ1) is 33.3. The highest BCUT2D eigenvalue weighted by Crippen LogP contribution is 2.35. The molecule has 1 N–H and O–H groups in total. The number of rotatable bonds is 12. The van der Waals surface area contributed by atoms with Gasteiger partial charge in [0, 0.05) is 24.5 Å². The molecule has 11 heteroatoms. The minimum atomic E-state index is -4.31. The Morgan fingerprint density at radius 3 is 2.16 bits per heavy atom. The Hall–Kier alpha value is -3.56. The largest absolute Gasteiger partial charge is 0.355 e. The Bertz CT molecular complexity index is 1720. The van der Waals surface area contributed by atoms with Gasteiger partial charge in [-0.2, -0.15) is 0 Å². The second kappa shape index (κ2) is 14.9. The van der Waals surface area contributed by atoms with Crippen molar-refractivity contribution in [1.29, 1.82) is 0 Å². The monoisotopic (exact) mass is 671 g/mol. The average molecular weight is 673 g/mol. The van der Waals surface area contributed by atoms with Crippen LogP contribution in [-0.2, 0) is 32.6 Å². The van der Waals surface area contributed by atoms with Crippen LogP contribution in [0.25, 0.3) is 0 Å². The molecule has 0 bridgehead atoms. The lowest BCUT2D eigenvalue weighted by molar-refractivity contribution is -0.140. The molecule has 44 heavy (non-hydrogen) atoms. The number of likely N-dealkylation sites (N-methyl/N-ethyl adjacent to an activating group) is 1. The highest BCUT2D eigenvalue weighted by atomic mass is 35.5. The minimum absolute atomic E-state index is 0.00424. The van der Waals surface area contributed by atoms with Crippen molar-refractivity contribution in [3.63, 3.8) is 0 Å². The Labute approximate surface area is 273 Å². The number of hydrogen-bond acceptors (Lipinski definition) is 4. The van der Waals surface area contributed by atoms with Gasteiger partial charge in [-0.25, -0.2) is 8.42 Å². The van der Waals surface area contributed by atoms with Crippen molar-refractivity contribution in [2.24, 2.45) is 0 Å². The molecule has 0 spiro atoms. The van der Waals surface area contributed by atoms with Crippen LogP contribution in [0.2, 0.25) is 15.1 Å². The molecule has 1 atom stereocenters. The third kappa shape index (κ3) is 8.12. The van der Waals surface area contributed by atoms with Gasteiger partial charge < -0.3 is 10.2 Å². The topological polar surface area (TPSA) is 86.8 Å². The summed E-state index contributed by atoms with van der Waals surface area (Å²) in [5.74, 6) is -0.996. The molecule has 230 valence electrons. The van der Waals surface area contributed by atoms with Crippen LogP contribution in [0, 0.1) is 6.92 Å². The van der Waals surface area contributed by atoms with Gasteiger partial charge in [-0.3, -0.25) is 13.9 Å². The third-order valence-corrected chi connectivity index (χ3v) is 9.77. The quantitative estimate of drug-likeness (QED) is 0.177. The molecule has 0 aliphatic carbocycles. The van der Waals surface area contributed by atoms with Gasteiger partial charge in [-0.05, 0) is 61.4 Å². The molecule has 1 unspecified atom stereocenters. The lowest BCUT2D eigenvalue weighted by Crippen LogP contribution is -2.53. The number of carbonyl (C=O) groups is 2. The first-order chi connectivity index (χ1) is 21.0. The Balaban J connectivity index is 1.83. The molecule has 0 aliphatic rings. The summed E-state index contributed by atoms with van der Waals surface area (Å²) >= 11 is 19.1. The van der Waals surface area contributed by atoms with Crippen molar-refractivity contribution in [3.05, 3.63) is 129 Å². The van der Waals surface area contributed by atoms with E-state index in [-0.39, 0.29) is 39.5 Å². The maximum absolute atomic E-state index is 14.4. The Morgan fingerprint density at radius 1 is 0.841 bits per heavy atom. The number of anilines is 1. The number of hydrogen-bond donors (Lipinski definition) is 1. The number of halogens is 3. The van der Waals surface area contributed by atoms with Crippen molar-refractivity contribution in [1.82, 2.24) is 10.2 Å². The van der Waals surface area contributed by atoms with Crippen molar-refractivity contribution >= 4 is 62.3 Å². The molecule has 0 saturated heterocycles. The van der Waals surface area contributed by atoms with Crippen LogP contribution in [0.3, 0.4) is 0 Å². The molecule has 0 aliphatic heterocycles. The van der Waals surface area contributed by atoms with E-state index in [1.54, 1.807) is 49.4 Å². The molecule has 0 aromatic heterocycles. The minimum Gasteiger partial charge on any atom is -0.355 e. The zero-order chi connectivity index (χ0) is 31.9.